The molecule has 0 radical (unpaired) electrons. The van der Waals surface area contributed by atoms with Crippen LogP contribution in [0.1, 0.15) is 20.7 Å². The van der Waals surface area contributed by atoms with E-state index in [4.69, 9.17) is 9.47 Å². The standard InChI is InChI=1S/C20H18N4O7S/c1-30-17-11-16(22-20(23-17)31-2)24-32(28,29)13-9-7-12(8-10-13)21-18(25)14-5-3-4-6-15(14)19(26)27/h3-11H,1-2H3,(H,21,25)(H,26,27)(H,22,23,24). The molecule has 0 saturated heterocycles. The van der Waals surface area contributed by atoms with E-state index < -0.39 is 21.9 Å². The molecule has 11 nitrogen and oxygen atoms in total. The van der Waals surface area contributed by atoms with Gasteiger partial charge in [-0.1, -0.05) is 12.1 Å². The van der Waals surface area contributed by atoms with Gasteiger partial charge in [0.2, 0.25) is 5.88 Å². The van der Waals surface area contributed by atoms with Crippen molar-refractivity contribution in [3.05, 3.63) is 65.7 Å². The van der Waals surface area contributed by atoms with Gasteiger partial charge in [0.1, 0.15) is 0 Å². The Morgan fingerprint density at radius 3 is 2.19 bits per heavy atom. The molecule has 2 aromatic carbocycles. The van der Waals surface area contributed by atoms with Crippen LogP contribution in [0.4, 0.5) is 11.5 Å². The lowest BCUT2D eigenvalue weighted by Crippen LogP contribution is -2.17. The lowest BCUT2D eigenvalue weighted by Gasteiger charge is -2.11. The van der Waals surface area contributed by atoms with E-state index in [-0.39, 0.29) is 39.4 Å². The van der Waals surface area contributed by atoms with Crippen molar-refractivity contribution in [1.29, 1.82) is 0 Å². The number of anilines is 2. The summed E-state index contributed by atoms with van der Waals surface area (Å²) in [6.07, 6.45) is 0. The van der Waals surface area contributed by atoms with Gasteiger partial charge in [-0.15, -0.1) is 0 Å². The summed E-state index contributed by atoms with van der Waals surface area (Å²) in [5, 5.41) is 11.8. The maximum atomic E-state index is 12.7. The number of ether oxygens (including phenoxy) is 2. The van der Waals surface area contributed by atoms with E-state index in [0.29, 0.717) is 0 Å². The van der Waals surface area contributed by atoms with Gasteiger partial charge in [-0.25, -0.2) is 13.2 Å². The Morgan fingerprint density at radius 2 is 1.59 bits per heavy atom. The summed E-state index contributed by atoms with van der Waals surface area (Å²) in [5.41, 5.74) is 0.105. The fourth-order valence-corrected chi connectivity index (χ4v) is 3.62. The Morgan fingerprint density at radius 1 is 0.938 bits per heavy atom. The minimum atomic E-state index is -4.02. The smallest absolute Gasteiger partial charge is 0.336 e. The van der Waals surface area contributed by atoms with Crippen molar-refractivity contribution in [3.8, 4) is 11.9 Å². The van der Waals surface area contributed by atoms with Gasteiger partial charge < -0.3 is 19.9 Å². The third-order valence-electron chi connectivity index (χ3n) is 4.14. The number of benzene rings is 2. The summed E-state index contributed by atoms with van der Waals surface area (Å²) < 4.78 is 37.5. The highest BCUT2D eigenvalue weighted by Gasteiger charge is 2.18. The molecule has 0 aliphatic rings. The molecule has 166 valence electrons. The van der Waals surface area contributed by atoms with Crippen LogP contribution in [0.5, 0.6) is 11.9 Å². The normalized spacial score (nSPS) is 10.8. The van der Waals surface area contributed by atoms with E-state index in [9.17, 15) is 23.1 Å². The lowest BCUT2D eigenvalue weighted by molar-refractivity contribution is 0.0692. The largest absolute Gasteiger partial charge is 0.481 e. The van der Waals surface area contributed by atoms with Gasteiger partial charge in [-0.3, -0.25) is 9.52 Å². The molecule has 0 saturated carbocycles. The summed E-state index contributed by atoms with van der Waals surface area (Å²) in [7, 11) is -1.33. The minimum Gasteiger partial charge on any atom is -0.481 e. The predicted octanol–water partition coefficient (Wildman–Crippen LogP) is 2.25. The number of methoxy groups -OCH3 is 2. The number of rotatable bonds is 8. The van der Waals surface area contributed by atoms with Crippen LogP contribution in [-0.2, 0) is 10.0 Å². The number of hydrogen-bond acceptors (Lipinski definition) is 8. The highest BCUT2D eigenvalue weighted by atomic mass is 32.2. The highest BCUT2D eigenvalue weighted by Crippen LogP contribution is 2.22. The molecule has 0 aliphatic carbocycles. The molecule has 3 aromatic rings. The second-order valence-electron chi connectivity index (χ2n) is 6.22. The molecule has 3 rings (SSSR count). The van der Waals surface area contributed by atoms with Crippen LogP contribution in [0.15, 0.2) is 59.5 Å². The van der Waals surface area contributed by atoms with E-state index in [2.05, 4.69) is 20.0 Å². The van der Waals surface area contributed by atoms with Crippen molar-refractivity contribution in [1.82, 2.24) is 9.97 Å². The fraction of sp³-hybridized carbons (Fsp3) is 0.100. The number of carboxylic acids is 1. The van der Waals surface area contributed by atoms with Crippen molar-refractivity contribution in [2.24, 2.45) is 0 Å². The van der Waals surface area contributed by atoms with Gasteiger partial charge in [0, 0.05) is 11.8 Å². The molecule has 1 heterocycles. The van der Waals surface area contributed by atoms with Crippen LogP contribution in [0, 0.1) is 0 Å². The van der Waals surface area contributed by atoms with Crippen molar-refractivity contribution in [2.75, 3.05) is 24.3 Å². The van der Waals surface area contributed by atoms with Crippen LogP contribution < -0.4 is 19.5 Å². The molecule has 0 unspecified atom stereocenters. The molecule has 0 atom stereocenters. The van der Waals surface area contributed by atoms with Crippen LogP contribution in [0.2, 0.25) is 0 Å². The maximum Gasteiger partial charge on any atom is 0.336 e. The monoisotopic (exact) mass is 458 g/mol. The zero-order chi connectivity index (χ0) is 23.3. The molecule has 1 amide bonds. The van der Waals surface area contributed by atoms with Crippen LogP contribution in [0.25, 0.3) is 0 Å². The second kappa shape index (κ2) is 9.31. The van der Waals surface area contributed by atoms with Gasteiger partial charge in [0.15, 0.2) is 5.82 Å². The van der Waals surface area contributed by atoms with E-state index in [1.807, 2.05) is 0 Å². The van der Waals surface area contributed by atoms with E-state index in [1.54, 1.807) is 6.07 Å². The van der Waals surface area contributed by atoms with Crippen LogP contribution in [0.3, 0.4) is 0 Å². The Bertz CT molecular complexity index is 1240. The molecule has 0 fully saturated rings. The molecule has 3 N–H and O–H groups in total. The topological polar surface area (TPSA) is 157 Å². The van der Waals surface area contributed by atoms with E-state index >= 15 is 0 Å². The SMILES string of the molecule is COc1cc(NS(=O)(=O)c2ccc(NC(=O)c3ccccc3C(=O)O)cc2)nc(OC)n1. The van der Waals surface area contributed by atoms with Crippen molar-refractivity contribution >= 4 is 33.4 Å². The number of aromatic carboxylic acids is 1. The molecular formula is C20H18N4O7S. The summed E-state index contributed by atoms with van der Waals surface area (Å²) in [6.45, 7) is 0. The Kier molecular flexibility index (Phi) is 6.54. The molecule has 0 aliphatic heterocycles. The molecule has 1 aromatic heterocycles. The van der Waals surface area contributed by atoms with Gasteiger partial charge in [-0.2, -0.15) is 9.97 Å². The van der Waals surface area contributed by atoms with Gasteiger partial charge in [0.05, 0.1) is 30.2 Å². The van der Waals surface area contributed by atoms with Crippen molar-refractivity contribution in [2.45, 2.75) is 4.90 Å². The molecule has 12 heteroatoms. The first kappa shape index (κ1) is 22.5. The second-order valence-corrected chi connectivity index (χ2v) is 7.90. The fourth-order valence-electron chi connectivity index (χ4n) is 2.63. The summed E-state index contributed by atoms with van der Waals surface area (Å²) in [5.74, 6) is -1.83. The molecule has 32 heavy (non-hydrogen) atoms. The third-order valence-corrected chi connectivity index (χ3v) is 5.51. The average molecular weight is 458 g/mol. The first-order chi connectivity index (χ1) is 15.2. The molecule has 0 bridgehead atoms. The number of hydrogen-bond donors (Lipinski definition) is 3. The van der Waals surface area contributed by atoms with Crippen molar-refractivity contribution < 1.29 is 32.6 Å². The summed E-state index contributed by atoms with van der Waals surface area (Å²) >= 11 is 0. The number of nitrogens with one attached hydrogen (secondary N) is 2. The van der Waals surface area contributed by atoms with Crippen molar-refractivity contribution in [3.63, 3.8) is 0 Å². The summed E-state index contributed by atoms with van der Waals surface area (Å²) in [6, 6.07) is 12.2. The van der Waals surface area contributed by atoms with Gasteiger partial charge in [-0.05, 0) is 36.4 Å². The number of nitrogens with zero attached hydrogens (tertiary/aromatic N) is 2. The number of carbonyl (C=O) groups excluding carboxylic acids is 1. The maximum absolute atomic E-state index is 12.7. The van der Waals surface area contributed by atoms with Gasteiger partial charge >= 0.3 is 12.0 Å². The number of sulfonamides is 1. The number of aromatic nitrogens is 2. The zero-order valence-electron chi connectivity index (χ0n) is 16.9. The third kappa shape index (κ3) is 5.10. The van der Waals surface area contributed by atoms with Crippen LogP contribution >= 0.6 is 0 Å². The molecular weight excluding hydrogens is 440 g/mol. The lowest BCUT2D eigenvalue weighted by atomic mass is 10.1. The summed E-state index contributed by atoms with van der Waals surface area (Å²) in [4.78, 5) is 31.4. The number of carboxylic acid groups (broad SMARTS) is 1. The molecule has 0 spiro atoms. The predicted molar refractivity (Wildman–Crippen MR) is 114 cm³/mol. The van der Waals surface area contributed by atoms with E-state index in [0.717, 1.165) is 0 Å². The number of amides is 1. The highest BCUT2D eigenvalue weighted by molar-refractivity contribution is 7.92. The Hall–Kier alpha value is -4.19. The first-order valence-corrected chi connectivity index (χ1v) is 10.5. The zero-order valence-corrected chi connectivity index (χ0v) is 17.7. The van der Waals surface area contributed by atoms with Gasteiger partial charge in [0.25, 0.3) is 15.9 Å². The quantitative estimate of drug-likeness (QED) is 0.460. The Labute approximate surface area is 183 Å². The van der Waals surface area contributed by atoms with E-state index in [1.165, 1.54) is 62.8 Å². The van der Waals surface area contributed by atoms with Crippen LogP contribution in [-0.4, -0.2) is 49.6 Å². The Balaban J connectivity index is 1.78. The first-order valence-electron chi connectivity index (χ1n) is 8.97. The average Bonchev–Trinajstić information content (AvgIpc) is 2.78. The minimum absolute atomic E-state index is 0.0231. The number of carbonyl (C=O) groups is 2.